The molecule has 1 heterocycles. The van der Waals surface area contributed by atoms with E-state index in [1.54, 1.807) is 16.8 Å². The molecule has 152 valence electrons. The Morgan fingerprint density at radius 2 is 1.69 bits per heavy atom. The molecule has 3 rings (SSSR count). The summed E-state index contributed by atoms with van der Waals surface area (Å²) in [6.07, 6.45) is 1.84. The van der Waals surface area contributed by atoms with E-state index < -0.39 is 0 Å². The number of benzene rings is 2. The summed E-state index contributed by atoms with van der Waals surface area (Å²) in [5.74, 6) is 1.35. The lowest BCUT2D eigenvalue weighted by Crippen LogP contribution is -2.21. The van der Waals surface area contributed by atoms with E-state index in [4.69, 9.17) is 9.47 Å². The van der Waals surface area contributed by atoms with Crippen LogP contribution in [0.3, 0.4) is 0 Å². The molecule has 0 spiro atoms. The summed E-state index contributed by atoms with van der Waals surface area (Å²) in [5.41, 5.74) is 1.06. The highest BCUT2D eigenvalue weighted by molar-refractivity contribution is 5.90. The van der Waals surface area contributed by atoms with Gasteiger partial charge < -0.3 is 19.7 Å². The fraction of sp³-hybridized carbons (Fsp3) is 0.273. The van der Waals surface area contributed by atoms with Crippen LogP contribution in [0.15, 0.2) is 66.9 Å². The second kappa shape index (κ2) is 10.3. The molecule has 0 atom stereocenters. The first kappa shape index (κ1) is 20.4. The Morgan fingerprint density at radius 1 is 1.00 bits per heavy atom. The summed E-state index contributed by atoms with van der Waals surface area (Å²) in [6, 6.07) is 19.0. The maximum absolute atomic E-state index is 12.2. The van der Waals surface area contributed by atoms with Gasteiger partial charge in [-0.15, -0.1) is 0 Å². The zero-order chi connectivity index (χ0) is 20.5. The third-order valence-electron chi connectivity index (χ3n) is 4.13. The van der Waals surface area contributed by atoms with Crippen LogP contribution in [0, 0.1) is 0 Å². The van der Waals surface area contributed by atoms with Crippen molar-refractivity contribution >= 4 is 11.7 Å². The van der Waals surface area contributed by atoms with Gasteiger partial charge in [-0.05, 0) is 31.8 Å². The fourth-order valence-electron chi connectivity index (χ4n) is 2.60. The van der Waals surface area contributed by atoms with Gasteiger partial charge in [-0.1, -0.05) is 42.5 Å². The van der Waals surface area contributed by atoms with Gasteiger partial charge in [0.2, 0.25) is 0 Å². The monoisotopic (exact) mass is 394 g/mol. The van der Waals surface area contributed by atoms with Crippen LogP contribution in [-0.2, 0) is 17.9 Å². The average molecular weight is 394 g/mol. The van der Waals surface area contributed by atoms with Crippen LogP contribution in [0.4, 0.5) is 5.82 Å². The maximum atomic E-state index is 12.2. The van der Waals surface area contributed by atoms with Gasteiger partial charge in [-0.25, -0.2) is 0 Å². The topological polar surface area (TPSA) is 68.6 Å². The largest absolute Gasteiger partial charge is 0.485 e. The number of nitrogens with zero attached hydrogens (tertiary/aromatic N) is 3. The Labute approximate surface area is 170 Å². The van der Waals surface area contributed by atoms with Crippen LogP contribution < -0.4 is 14.8 Å². The number of anilines is 1. The number of nitrogens with one attached hydrogen (secondary N) is 1. The van der Waals surface area contributed by atoms with Crippen LogP contribution in [-0.4, -0.2) is 47.8 Å². The molecule has 1 amide bonds. The van der Waals surface area contributed by atoms with Crippen molar-refractivity contribution in [2.45, 2.75) is 13.2 Å². The van der Waals surface area contributed by atoms with Crippen LogP contribution in [0.1, 0.15) is 5.56 Å². The second-order valence-corrected chi connectivity index (χ2v) is 6.83. The van der Waals surface area contributed by atoms with Crippen molar-refractivity contribution in [1.82, 2.24) is 14.7 Å². The number of aromatic nitrogens is 2. The molecule has 1 N–H and O–H groups in total. The average Bonchev–Trinajstić information content (AvgIpc) is 3.18. The molecule has 0 radical (unpaired) electrons. The highest BCUT2D eigenvalue weighted by Crippen LogP contribution is 2.27. The number of amides is 1. The molecular formula is C22H26N4O3. The van der Waals surface area contributed by atoms with Gasteiger partial charge in [0.05, 0.1) is 6.54 Å². The zero-order valence-corrected chi connectivity index (χ0v) is 16.7. The predicted molar refractivity (Wildman–Crippen MR) is 112 cm³/mol. The van der Waals surface area contributed by atoms with E-state index in [1.165, 1.54) is 0 Å². The Bertz CT molecular complexity index is 909. The van der Waals surface area contributed by atoms with Crippen LogP contribution in [0.25, 0.3) is 0 Å². The number of hydrogen-bond acceptors (Lipinski definition) is 5. The lowest BCUT2D eigenvalue weighted by atomic mass is 10.2. The van der Waals surface area contributed by atoms with Gasteiger partial charge in [0.25, 0.3) is 5.91 Å². The molecular weight excluding hydrogens is 368 g/mol. The SMILES string of the molecule is CN(C)CCn1ccc(NC(=O)COc2ccccc2OCc2ccccc2)n1. The number of hydrogen-bond donors (Lipinski definition) is 1. The van der Waals surface area contributed by atoms with Crippen LogP contribution in [0.5, 0.6) is 11.5 Å². The standard InChI is InChI=1S/C22H26N4O3/c1-25(2)14-15-26-13-12-21(24-26)23-22(27)17-29-20-11-7-6-10-19(20)28-16-18-8-4-3-5-9-18/h3-13H,14-17H2,1-2H3,(H,23,24,27). The van der Waals surface area contributed by atoms with Gasteiger partial charge in [0.1, 0.15) is 6.61 Å². The molecule has 3 aromatic rings. The third kappa shape index (κ3) is 6.65. The summed E-state index contributed by atoms with van der Waals surface area (Å²) >= 11 is 0. The van der Waals surface area contributed by atoms with Crippen molar-refractivity contribution < 1.29 is 14.3 Å². The normalized spacial score (nSPS) is 10.7. The molecule has 0 saturated carbocycles. The lowest BCUT2D eigenvalue weighted by molar-refractivity contribution is -0.118. The highest BCUT2D eigenvalue weighted by Gasteiger charge is 2.10. The molecule has 29 heavy (non-hydrogen) atoms. The third-order valence-corrected chi connectivity index (χ3v) is 4.13. The second-order valence-electron chi connectivity index (χ2n) is 6.83. The van der Waals surface area contributed by atoms with E-state index in [9.17, 15) is 4.79 Å². The van der Waals surface area contributed by atoms with E-state index >= 15 is 0 Å². The van der Waals surface area contributed by atoms with E-state index in [2.05, 4.69) is 15.3 Å². The predicted octanol–water partition coefficient (Wildman–Crippen LogP) is 3.04. The summed E-state index contributed by atoms with van der Waals surface area (Å²) in [4.78, 5) is 14.3. The molecule has 0 aliphatic carbocycles. The number of carbonyl (C=O) groups is 1. The number of ether oxygens (including phenoxy) is 2. The Hall–Kier alpha value is -3.32. The van der Waals surface area contributed by atoms with Gasteiger partial charge in [-0.3, -0.25) is 9.48 Å². The summed E-state index contributed by atoms with van der Waals surface area (Å²) < 4.78 is 13.3. The molecule has 7 heteroatoms. The van der Waals surface area contributed by atoms with E-state index in [-0.39, 0.29) is 12.5 Å². The molecule has 0 unspecified atom stereocenters. The number of likely N-dealkylation sites (N-methyl/N-ethyl adjacent to an activating group) is 1. The van der Waals surface area contributed by atoms with Crippen LogP contribution >= 0.6 is 0 Å². The zero-order valence-electron chi connectivity index (χ0n) is 16.7. The molecule has 2 aromatic carbocycles. The molecule has 0 bridgehead atoms. The smallest absolute Gasteiger partial charge is 0.263 e. The van der Waals surface area contributed by atoms with Crippen LogP contribution in [0.2, 0.25) is 0 Å². The first-order valence-electron chi connectivity index (χ1n) is 9.47. The van der Waals surface area contributed by atoms with Crippen molar-refractivity contribution in [3.63, 3.8) is 0 Å². The quantitative estimate of drug-likeness (QED) is 0.572. The molecule has 7 nitrogen and oxygen atoms in total. The van der Waals surface area contributed by atoms with Gasteiger partial charge >= 0.3 is 0 Å². The Kier molecular flexibility index (Phi) is 7.24. The first-order chi connectivity index (χ1) is 14.1. The maximum Gasteiger partial charge on any atom is 0.263 e. The number of rotatable bonds is 10. The highest BCUT2D eigenvalue weighted by atomic mass is 16.5. The molecule has 0 aliphatic heterocycles. The van der Waals surface area contributed by atoms with Crippen molar-refractivity contribution in [2.24, 2.45) is 0 Å². The molecule has 0 aliphatic rings. The molecule has 1 aromatic heterocycles. The summed E-state index contributed by atoms with van der Waals surface area (Å²) in [5, 5.41) is 7.08. The fourth-order valence-corrected chi connectivity index (χ4v) is 2.60. The number of carbonyl (C=O) groups excluding carboxylic acids is 1. The van der Waals surface area contributed by atoms with Gasteiger partial charge in [0, 0.05) is 18.8 Å². The van der Waals surface area contributed by atoms with E-state index in [0.717, 1.165) is 18.7 Å². The molecule has 0 saturated heterocycles. The minimum absolute atomic E-state index is 0.129. The minimum Gasteiger partial charge on any atom is -0.485 e. The lowest BCUT2D eigenvalue weighted by Gasteiger charge is -2.12. The van der Waals surface area contributed by atoms with Crippen molar-refractivity contribution in [3.05, 3.63) is 72.4 Å². The van der Waals surface area contributed by atoms with Crippen molar-refractivity contribution in [3.8, 4) is 11.5 Å². The van der Waals surface area contributed by atoms with Crippen molar-refractivity contribution in [1.29, 1.82) is 0 Å². The van der Waals surface area contributed by atoms with E-state index in [0.29, 0.717) is 23.9 Å². The summed E-state index contributed by atoms with van der Waals surface area (Å²) in [6.45, 7) is 1.93. The molecule has 0 fully saturated rings. The first-order valence-corrected chi connectivity index (χ1v) is 9.47. The Balaban J connectivity index is 1.50. The summed E-state index contributed by atoms with van der Waals surface area (Å²) in [7, 11) is 4.01. The number of para-hydroxylation sites is 2. The van der Waals surface area contributed by atoms with Crippen molar-refractivity contribution in [2.75, 3.05) is 32.6 Å². The Morgan fingerprint density at radius 3 is 2.41 bits per heavy atom. The minimum atomic E-state index is -0.277. The van der Waals surface area contributed by atoms with Gasteiger partial charge in [0.15, 0.2) is 23.9 Å². The van der Waals surface area contributed by atoms with E-state index in [1.807, 2.05) is 68.8 Å². The van der Waals surface area contributed by atoms with Gasteiger partial charge in [-0.2, -0.15) is 5.10 Å².